The lowest BCUT2D eigenvalue weighted by Crippen LogP contribution is -2.48. The second kappa shape index (κ2) is 6.86. The molecule has 1 aliphatic rings. The van der Waals surface area contributed by atoms with Crippen LogP contribution in [0.3, 0.4) is 0 Å². The average Bonchev–Trinajstić information content (AvgIpc) is 2.25. The van der Waals surface area contributed by atoms with Crippen LogP contribution in [0.5, 0.6) is 0 Å². The molecule has 1 aliphatic heterocycles. The molecule has 2 atom stereocenters. The highest BCUT2D eigenvalue weighted by atomic mass is 16.2. The number of nitrogens with one attached hydrogen (secondary N) is 1. The zero-order valence-electron chi connectivity index (χ0n) is 10.5. The van der Waals surface area contributed by atoms with E-state index >= 15 is 0 Å². The summed E-state index contributed by atoms with van der Waals surface area (Å²) in [5.41, 5.74) is 5.62. The molecule has 3 N–H and O–H groups in total. The van der Waals surface area contributed by atoms with E-state index in [1.807, 2.05) is 0 Å². The van der Waals surface area contributed by atoms with E-state index in [1.165, 1.54) is 6.42 Å². The minimum Gasteiger partial charge on any atom is -0.352 e. The second-order valence-electron chi connectivity index (χ2n) is 4.83. The van der Waals surface area contributed by atoms with Crippen LogP contribution in [0.1, 0.15) is 32.6 Å². The summed E-state index contributed by atoms with van der Waals surface area (Å²) in [6.45, 7) is 4.66. The van der Waals surface area contributed by atoms with Gasteiger partial charge in [-0.2, -0.15) is 0 Å². The summed E-state index contributed by atoms with van der Waals surface area (Å²) >= 11 is 0. The van der Waals surface area contributed by atoms with Crippen molar-refractivity contribution in [1.29, 1.82) is 0 Å². The van der Waals surface area contributed by atoms with Gasteiger partial charge < -0.3 is 16.0 Å². The molecule has 1 saturated heterocycles. The van der Waals surface area contributed by atoms with Crippen molar-refractivity contribution < 1.29 is 4.79 Å². The third-order valence-electron chi connectivity index (χ3n) is 3.26. The molecule has 0 saturated carbocycles. The van der Waals surface area contributed by atoms with Crippen LogP contribution in [0.2, 0.25) is 0 Å². The van der Waals surface area contributed by atoms with Gasteiger partial charge in [-0.3, -0.25) is 4.79 Å². The number of amides is 1. The molecule has 1 heterocycles. The van der Waals surface area contributed by atoms with Crippen molar-refractivity contribution in [3.05, 3.63) is 0 Å². The van der Waals surface area contributed by atoms with Gasteiger partial charge >= 0.3 is 0 Å². The molecule has 0 radical (unpaired) electrons. The minimum absolute atomic E-state index is 0.00256. The van der Waals surface area contributed by atoms with Crippen LogP contribution in [0, 0.1) is 5.92 Å². The van der Waals surface area contributed by atoms with Gasteiger partial charge in [0.05, 0.1) is 5.92 Å². The maximum absolute atomic E-state index is 11.9. The number of likely N-dealkylation sites (tertiary alicyclic amines) is 1. The summed E-state index contributed by atoms with van der Waals surface area (Å²) in [4.78, 5) is 14.2. The maximum Gasteiger partial charge on any atom is 0.224 e. The molecule has 94 valence electrons. The van der Waals surface area contributed by atoms with Gasteiger partial charge in [-0.1, -0.05) is 13.3 Å². The van der Waals surface area contributed by atoms with Crippen molar-refractivity contribution in [1.82, 2.24) is 10.2 Å². The van der Waals surface area contributed by atoms with E-state index in [4.69, 9.17) is 5.73 Å². The Morgan fingerprint density at radius 2 is 2.38 bits per heavy atom. The zero-order valence-corrected chi connectivity index (χ0v) is 10.5. The van der Waals surface area contributed by atoms with E-state index in [1.54, 1.807) is 0 Å². The summed E-state index contributed by atoms with van der Waals surface area (Å²) in [7, 11) is 2.10. The first-order valence-electron chi connectivity index (χ1n) is 6.36. The van der Waals surface area contributed by atoms with E-state index in [-0.39, 0.29) is 11.8 Å². The summed E-state index contributed by atoms with van der Waals surface area (Å²) in [5.74, 6) is 0.141. The van der Waals surface area contributed by atoms with E-state index in [0.29, 0.717) is 12.6 Å². The normalized spacial score (nSPS) is 24.1. The molecular weight excluding hydrogens is 202 g/mol. The Balaban J connectivity index is 2.36. The number of rotatable bonds is 5. The standard InChI is InChI=1S/C12H25N3O/c1-3-5-10(8-13)12(16)14-11-6-4-7-15(2)9-11/h10-11H,3-9,13H2,1-2H3,(H,14,16). The number of nitrogens with two attached hydrogens (primary N) is 1. The van der Waals surface area contributed by atoms with Crippen molar-refractivity contribution in [2.75, 3.05) is 26.7 Å². The second-order valence-corrected chi connectivity index (χ2v) is 4.83. The van der Waals surface area contributed by atoms with Gasteiger partial charge in [-0.15, -0.1) is 0 Å². The van der Waals surface area contributed by atoms with E-state index in [2.05, 4.69) is 24.2 Å². The van der Waals surface area contributed by atoms with Gasteiger partial charge in [0.1, 0.15) is 0 Å². The lowest BCUT2D eigenvalue weighted by Gasteiger charge is -2.31. The molecule has 1 amide bonds. The van der Waals surface area contributed by atoms with Crippen LogP contribution < -0.4 is 11.1 Å². The Morgan fingerprint density at radius 3 is 2.94 bits per heavy atom. The molecule has 1 fully saturated rings. The third kappa shape index (κ3) is 4.10. The predicted molar refractivity (Wildman–Crippen MR) is 66.1 cm³/mol. The summed E-state index contributed by atoms with van der Waals surface area (Å²) in [5, 5.41) is 3.12. The topological polar surface area (TPSA) is 58.4 Å². The molecule has 0 bridgehead atoms. The molecule has 1 rings (SSSR count). The summed E-state index contributed by atoms with van der Waals surface area (Å²) in [6.07, 6.45) is 4.17. The highest BCUT2D eigenvalue weighted by Crippen LogP contribution is 2.10. The molecule has 0 aromatic rings. The van der Waals surface area contributed by atoms with Crippen molar-refractivity contribution >= 4 is 5.91 Å². The Morgan fingerprint density at radius 1 is 1.62 bits per heavy atom. The number of piperidine rings is 1. The van der Waals surface area contributed by atoms with Gasteiger partial charge in [0.25, 0.3) is 0 Å². The molecule has 4 nitrogen and oxygen atoms in total. The number of hydrogen-bond donors (Lipinski definition) is 2. The molecule has 2 unspecified atom stereocenters. The van der Waals surface area contributed by atoms with Gasteiger partial charge in [0.2, 0.25) is 5.91 Å². The van der Waals surface area contributed by atoms with Crippen LogP contribution in [0.25, 0.3) is 0 Å². The maximum atomic E-state index is 11.9. The predicted octanol–water partition coefficient (Wildman–Crippen LogP) is 0.572. The monoisotopic (exact) mass is 227 g/mol. The quantitative estimate of drug-likeness (QED) is 0.722. The van der Waals surface area contributed by atoms with Gasteiger partial charge in [0.15, 0.2) is 0 Å². The van der Waals surface area contributed by atoms with Crippen molar-refractivity contribution in [2.24, 2.45) is 11.7 Å². The summed E-state index contributed by atoms with van der Waals surface area (Å²) in [6, 6.07) is 0.317. The van der Waals surface area contributed by atoms with E-state index in [0.717, 1.165) is 32.4 Å². The fraction of sp³-hybridized carbons (Fsp3) is 0.917. The third-order valence-corrected chi connectivity index (χ3v) is 3.26. The lowest BCUT2D eigenvalue weighted by atomic mass is 10.0. The molecule has 0 aromatic heterocycles. The first-order chi connectivity index (χ1) is 7.67. The fourth-order valence-corrected chi connectivity index (χ4v) is 2.31. The van der Waals surface area contributed by atoms with Crippen LogP contribution in [-0.4, -0.2) is 43.5 Å². The van der Waals surface area contributed by atoms with Crippen molar-refractivity contribution in [2.45, 2.75) is 38.6 Å². The number of nitrogens with zero attached hydrogens (tertiary/aromatic N) is 1. The first-order valence-corrected chi connectivity index (χ1v) is 6.36. The molecule has 0 spiro atoms. The number of carbonyl (C=O) groups is 1. The Bertz CT molecular complexity index is 220. The van der Waals surface area contributed by atoms with Crippen LogP contribution in [-0.2, 0) is 4.79 Å². The Kier molecular flexibility index (Phi) is 5.77. The number of hydrogen-bond acceptors (Lipinski definition) is 3. The highest BCUT2D eigenvalue weighted by Gasteiger charge is 2.22. The first kappa shape index (κ1) is 13.5. The van der Waals surface area contributed by atoms with Gasteiger partial charge in [0, 0.05) is 19.1 Å². The van der Waals surface area contributed by atoms with Gasteiger partial charge in [-0.05, 0) is 32.9 Å². The van der Waals surface area contributed by atoms with Crippen molar-refractivity contribution in [3.63, 3.8) is 0 Å². The fourth-order valence-electron chi connectivity index (χ4n) is 2.31. The van der Waals surface area contributed by atoms with Crippen LogP contribution in [0.4, 0.5) is 0 Å². The summed E-state index contributed by atoms with van der Waals surface area (Å²) < 4.78 is 0. The minimum atomic E-state index is -0.00256. The van der Waals surface area contributed by atoms with Crippen LogP contribution >= 0.6 is 0 Å². The van der Waals surface area contributed by atoms with Gasteiger partial charge in [-0.25, -0.2) is 0 Å². The SMILES string of the molecule is CCCC(CN)C(=O)NC1CCCN(C)C1. The van der Waals surface area contributed by atoms with E-state index in [9.17, 15) is 4.79 Å². The molecule has 16 heavy (non-hydrogen) atoms. The molecule has 4 heteroatoms. The lowest BCUT2D eigenvalue weighted by molar-refractivity contribution is -0.126. The number of likely N-dealkylation sites (N-methyl/N-ethyl adjacent to an activating group) is 1. The molecular formula is C12H25N3O. The zero-order chi connectivity index (χ0) is 12.0. The number of carbonyl (C=O) groups excluding carboxylic acids is 1. The average molecular weight is 227 g/mol. The Hall–Kier alpha value is -0.610. The van der Waals surface area contributed by atoms with Crippen LogP contribution in [0.15, 0.2) is 0 Å². The van der Waals surface area contributed by atoms with Crippen molar-refractivity contribution in [3.8, 4) is 0 Å². The highest BCUT2D eigenvalue weighted by molar-refractivity contribution is 5.79. The molecule has 0 aromatic carbocycles. The van der Waals surface area contributed by atoms with E-state index < -0.39 is 0 Å². The molecule has 0 aliphatic carbocycles. The Labute approximate surface area is 98.6 Å². The smallest absolute Gasteiger partial charge is 0.224 e. The largest absolute Gasteiger partial charge is 0.352 e.